The number of anilines is 4. The van der Waals surface area contributed by atoms with Crippen LogP contribution >= 0.6 is 0 Å². The predicted molar refractivity (Wildman–Crippen MR) is 158 cm³/mol. The molecule has 0 aliphatic heterocycles. The number of nitrogens with one attached hydrogen (secondary N) is 3. The zero-order valence-electron chi connectivity index (χ0n) is 23.1. The van der Waals surface area contributed by atoms with Gasteiger partial charge in [0.25, 0.3) is 0 Å². The van der Waals surface area contributed by atoms with Crippen molar-refractivity contribution in [2.24, 2.45) is 0 Å². The maximum Gasteiger partial charge on any atom is 0.323 e. The number of benzene rings is 3. The van der Waals surface area contributed by atoms with E-state index in [1.54, 1.807) is 31.2 Å². The Kier molecular flexibility index (Phi) is 7.74. The first-order chi connectivity index (χ1) is 18.7. The van der Waals surface area contributed by atoms with Crippen molar-refractivity contribution in [2.75, 3.05) is 34.5 Å². The van der Waals surface area contributed by atoms with Crippen molar-refractivity contribution in [2.45, 2.75) is 33.1 Å². The summed E-state index contributed by atoms with van der Waals surface area (Å²) in [7, 11) is -2.20. The SMILES string of the molecule is COc1c(NC(=O)Nc2ccc(Oc3nc(C)ncc3N)c3ccccc23)cc(C(C)(C)C)cc1NS(C)(=O)=O. The van der Waals surface area contributed by atoms with Gasteiger partial charge >= 0.3 is 6.03 Å². The number of hydrogen-bond acceptors (Lipinski definition) is 8. The molecule has 1 aromatic heterocycles. The van der Waals surface area contributed by atoms with Crippen LogP contribution in [0.1, 0.15) is 32.2 Å². The van der Waals surface area contributed by atoms with Gasteiger partial charge in [-0.2, -0.15) is 4.98 Å². The fourth-order valence-corrected chi connectivity index (χ4v) is 4.59. The van der Waals surface area contributed by atoms with Gasteiger partial charge < -0.3 is 25.8 Å². The summed E-state index contributed by atoms with van der Waals surface area (Å²) in [6, 6.07) is 13.7. The molecule has 0 bridgehead atoms. The van der Waals surface area contributed by atoms with E-state index in [0.717, 1.165) is 17.2 Å². The molecule has 0 fully saturated rings. The molecule has 3 aromatic carbocycles. The Morgan fingerprint density at radius 1 is 0.975 bits per heavy atom. The second-order valence-electron chi connectivity index (χ2n) is 10.2. The summed E-state index contributed by atoms with van der Waals surface area (Å²) < 4.78 is 38.0. The zero-order chi connectivity index (χ0) is 29.2. The van der Waals surface area contributed by atoms with Crippen molar-refractivity contribution in [1.29, 1.82) is 0 Å². The lowest BCUT2D eigenvalue weighted by atomic mass is 9.86. The number of aromatic nitrogens is 2. The predicted octanol–water partition coefficient (Wildman–Crippen LogP) is 5.63. The van der Waals surface area contributed by atoms with Gasteiger partial charge in [0.15, 0.2) is 5.75 Å². The van der Waals surface area contributed by atoms with Crippen LogP contribution in [0.3, 0.4) is 0 Å². The van der Waals surface area contributed by atoms with Crippen LogP contribution in [0.4, 0.5) is 27.5 Å². The molecule has 40 heavy (non-hydrogen) atoms. The Hall–Kier alpha value is -4.58. The van der Waals surface area contributed by atoms with E-state index in [-0.39, 0.29) is 22.7 Å². The monoisotopic (exact) mass is 564 g/mol. The van der Waals surface area contributed by atoms with Crippen LogP contribution in [0.15, 0.2) is 54.7 Å². The highest BCUT2D eigenvalue weighted by Gasteiger charge is 2.22. The number of urea groups is 1. The fourth-order valence-electron chi connectivity index (χ4n) is 4.04. The summed E-state index contributed by atoms with van der Waals surface area (Å²) in [6.07, 6.45) is 2.54. The molecule has 11 nitrogen and oxygen atoms in total. The van der Waals surface area contributed by atoms with Crippen molar-refractivity contribution in [1.82, 2.24) is 9.97 Å². The number of sulfonamides is 1. The van der Waals surface area contributed by atoms with Gasteiger partial charge in [0.2, 0.25) is 15.9 Å². The third kappa shape index (κ3) is 6.52. The minimum atomic E-state index is -3.61. The molecule has 4 rings (SSSR count). The van der Waals surface area contributed by atoms with Gasteiger partial charge in [0, 0.05) is 10.8 Å². The molecular formula is C28H32N6O5S. The minimum Gasteiger partial charge on any atom is -0.492 e. The van der Waals surface area contributed by atoms with Crippen LogP contribution in [-0.2, 0) is 15.4 Å². The van der Waals surface area contributed by atoms with Crippen LogP contribution in [0, 0.1) is 6.92 Å². The van der Waals surface area contributed by atoms with Gasteiger partial charge in [0.05, 0.1) is 36.6 Å². The molecule has 0 aliphatic carbocycles. The van der Waals surface area contributed by atoms with Crippen LogP contribution in [0.5, 0.6) is 17.4 Å². The number of ether oxygens (including phenoxy) is 2. The number of fused-ring (bicyclic) bond motifs is 1. The standard InChI is InChI=1S/C28H32N6O5S/c1-16-30-15-20(29)26(31-16)39-24-12-11-21(18-9-7-8-10-19(18)24)32-27(35)33-22-13-17(28(2,3)4)14-23(25(22)38-5)34-40(6,36)37/h7-15,34H,29H2,1-6H3,(H2,32,33,35). The van der Waals surface area contributed by atoms with E-state index in [9.17, 15) is 13.2 Å². The number of rotatable bonds is 7. The quantitative estimate of drug-likeness (QED) is 0.225. The Bertz CT molecular complexity index is 1700. The number of amides is 2. The Balaban J connectivity index is 1.67. The number of hydrogen-bond donors (Lipinski definition) is 4. The van der Waals surface area contributed by atoms with E-state index in [2.05, 4.69) is 25.3 Å². The van der Waals surface area contributed by atoms with Crippen molar-refractivity contribution < 1.29 is 22.7 Å². The van der Waals surface area contributed by atoms with Crippen LogP contribution in [0.2, 0.25) is 0 Å². The molecule has 2 amide bonds. The number of nitrogen functional groups attached to an aromatic ring is 1. The molecule has 1 heterocycles. The summed E-state index contributed by atoms with van der Waals surface area (Å²) in [5.74, 6) is 1.44. The lowest BCUT2D eigenvalue weighted by molar-refractivity contribution is 0.262. The van der Waals surface area contributed by atoms with Gasteiger partial charge in [-0.3, -0.25) is 4.72 Å². The fraction of sp³-hybridized carbons (Fsp3) is 0.250. The highest BCUT2D eigenvalue weighted by Crippen LogP contribution is 2.40. The number of methoxy groups -OCH3 is 1. The number of nitrogens with two attached hydrogens (primary N) is 1. The lowest BCUT2D eigenvalue weighted by Gasteiger charge is -2.24. The van der Waals surface area contributed by atoms with Crippen LogP contribution in [0.25, 0.3) is 10.8 Å². The minimum absolute atomic E-state index is 0.180. The third-order valence-electron chi connectivity index (χ3n) is 5.94. The van der Waals surface area contributed by atoms with Crippen LogP contribution < -0.4 is 30.6 Å². The van der Waals surface area contributed by atoms with Gasteiger partial charge in [-0.15, -0.1) is 0 Å². The molecule has 5 N–H and O–H groups in total. The molecule has 210 valence electrons. The van der Waals surface area contributed by atoms with Crippen molar-refractivity contribution in [3.05, 3.63) is 66.1 Å². The molecule has 0 spiro atoms. The average molecular weight is 565 g/mol. The Morgan fingerprint density at radius 2 is 1.62 bits per heavy atom. The average Bonchev–Trinajstić information content (AvgIpc) is 2.86. The molecule has 0 saturated heterocycles. The lowest BCUT2D eigenvalue weighted by Crippen LogP contribution is -2.22. The molecule has 0 aliphatic rings. The Labute approximate surface area is 233 Å². The number of carbonyl (C=O) groups excluding carboxylic acids is 1. The van der Waals surface area contributed by atoms with E-state index in [4.69, 9.17) is 15.2 Å². The molecule has 0 unspecified atom stereocenters. The molecule has 0 saturated carbocycles. The summed E-state index contributed by atoms with van der Waals surface area (Å²) >= 11 is 0. The summed E-state index contributed by atoms with van der Waals surface area (Å²) in [6.45, 7) is 7.68. The third-order valence-corrected chi connectivity index (χ3v) is 6.53. The highest BCUT2D eigenvalue weighted by atomic mass is 32.2. The van der Waals surface area contributed by atoms with Crippen molar-refractivity contribution in [3.8, 4) is 17.4 Å². The number of carbonyl (C=O) groups is 1. The van der Waals surface area contributed by atoms with Crippen molar-refractivity contribution >= 4 is 49.6 Å². The van der Waals surface area contributed by atoms with E-state index in [0.29, 0.717) is 34.0 Å². The largest absolute Gasteiger partial charge is 0.492 e. The van der Waals surface area contributed by atoms with Gasteiger partial charge in [-0.1, -0.05) is 45.0 Å². The first-order valence-electron chi connectivity index (χ1n) is 12.3. The van der Waals surface area contributed by atoms with Crippen molar-refractivity contribution in [3.63, 3.8) is 0 Å². The first kappa shape index (κ1) is 28.4. The Morgan fingerprint density at radius 3 is 2.27 bits per heavy atom. The van der Waals surface area contributed by atoms with E-state index in [1.807, 2.05) is 45.0 Å². The molecule has 4 aromatic rings. The molecule has 0 atom stereocenters. The topological polar surface area (TPSA) is 158 Å². The molecule has 12 heteroatoms. The maximum absolute atomic E-state index is 13.2. The first-order valence-corrected chi connectivity index (χ1v) is 14.2. The summed E-state index contributed by atoms with van der Waals surface area (Å²) in [5.41, 5.74) is 7.79. The summed E-state index contributed by atoms with van der Waals surface area (Å²) in [5, 5.41) is 7.12. The van der Waals surface area contributed by atoms with Gasteiger partial charge in [-0.05, 0) is 42.2 Å². The second-order valence-corrected chi connectivity index (χ2v) is 12.0. The summed E-state index contributed by atoms with van der Waals surface area (Å²) in [4.78, 5) is 21.6. The van der Waals surface area contributed by atoms with Gasteiger partial charge in [0.1, 0.15) is 17.3 Å². The smallest absolute Gasteiger partial charge is 0.323 e. The molecular weight excluding hydrogens is 532 g/mol. The zero-order valence-corrected chi connectivity index (χ0v) is 23.9. The highest BCUT2D eigenvalue weighted by molar-refractivity contribution is 7.92. The van der Waals surface area contributed by atoms with E-state index < -0.39 is 16.1 Å². The molecule has 0 radical (unpaired) electrons. The van der Waals surface area contributed by atoms with E-state index >= 15 is 0 Å². The number of aryl methyl sites for hydroxylation is 1. The second kappa shape index (κ2) is 10.9. The van der Waals surface area contributed by atoms with Crippen LogP contribution in [-0.4, -0.2) is 37.8 Å². The number of nitrogens with zero attached hydrogens (tertiary/aromatic N) is 2. The van der Waals surface area contributed by atoms with E-state index in [1.165, 1.54) is 13.3 Å². The normalized spacial score (nSPS) is 11.7. The van der Waals surface area contributed by atoms with Gasteiger partial charge in [-0.25, -0.2) is 18.2 Å². The maximum atomic E-state index is 13.2.